The molecule has 3 nitrogen and oxygen atoms in total. The minimum atomic E-state index is 0.792. The third kappa shape index (κ3) is 3.46. The van der Waals surface area contributed by atoms with E-state index in [-0.39, 0.29) is 0 Å². The molecule has 2 aliphatic heterocycles. The Morgan fingerprint density at radius 2 is 1.82 bits per heavy atom. The van der Waals surface area contributed by atoms with Gasteiger partial charge in [0.1, 0.15) is 0 Å². The minimum Gasteiger partial charge on any atom is -0.369 e. The van der Waals surface area contributed by atoms with Crippen molar-refractivity contribution in [2.75, 3.05) is 31.1 Å². The molecule has 2 aliphatic rings. The molecule has 0 spiro atoms. The van der Waals surface area contributed by atoms with Gasteiger partial charge in [0.05, 0.1) is 0 Å². The smallest absolute Gasteiger partial charge is 0.0455 e. The van der Waals surface area contributed by atoms with Gasteiger partial charge >= 0.3 is 0 Å². The lowest BCUT2D eigenvalue weighted by Crippen LogP contribution is -2.50. The molecule has 1 N–H and O–H groups in total. The third-order valence-electron chi connectivity index (χ3n) is 4.49. The molecule has 1 unspecified atom stereocenters. The van der Waals surface area contributed by atoms with E-state index in [1.54, 1.807) is 0 Å². The summed E-state index contributed by atoms with van der Waals surface area (Å²) in [6.07, 6.45) is 4.78. The van der Waals surface area contributed by atoms with Crippen LogP contribution in [0.15, 0.2) is 30.5 Å². The first-order valence-corrected chi connectivity index (χ1v) is 8.96. The molecule has 0 saturated carbocycles. The molecule has 2 aromatic rings. The number of aromatic nitrogens is 1. The first-order chi connectivity index (χ1) is 10.9. The molecule has 1 atom stereocenters. The Hall–Kier alpha value is -1.48. The Balaban J connectivity index is 0.000000410. The van der Waals surface area contributed by atoms with E-state index >= 15 is 0 Å². The van der Waals surface area contributed by atoms with Gasteiger partial charge < -0.3 is 9.88 Å². The van der Waals surface area contributed by atoms with E-state index in [4.69, 9.17) is 0 Å². The van der Waals surface area contributed by atoms with Crippen molar-refractivity contribution in [2.24, 2.45) is 0 Å². The lowest BCUT2D eigenvalue weighted by Gasteiger charge is -2.38. The Morgan fingerprint density at radius 3 is 2.64 bits per heavy atom. The van der Waals surface area contributed by atoms with E-state index in [2.05, 4.69) is 39.0 Å². The van der Waals surface area contributed by atoms with Gasteiger partial charge in [-0.05, 0) is 43.7 Å². The minimum absolute atomic E-state index is 0.792. The summed E-state index contributed by atoms with van der Waals surface area (Å²) in [6.45, 7) is 12.9. The van der Waals surface area contributed by atoms with Crippen molar-refractivity contribution < 1.29 is 0 Å². The number of nitrogens with one attached hydrogen (secondary N) is 1. The Labute approximate surface area is 135 Å². The van der Waals surface area contributed by atoms with Crippen molar-refractivity contribution >= 4 is 16.6 Å². The zero-order valence-electron chi connectivity index (χ0n) is 14.6. The van der Waals surface area contributed by atoms with Crippen LogP contribution in [0.2, 0.25) is 0 Å². The monoisotopic (exact) mass is 301 g/mol. The highest BCUT2D eigenvalue weighted by molar-refractivity contribution is 5.83. The maximum Gasteiger partial charge on any atom is 0.0455 e. The van der Waals surface area contributed by atoms with Crippen LogP contribution in [0.5, 0.6) is 0 Å². The number of hydrogen-bond acceptors (Lipinski definition) is 2. The zero-order chi connectivity index (χ0) is 15.9. The lowest BCUT2D eigenvalue weighted by molar-refractivity contribution is 0.231. The summed E-state index contributed by atoms with van der Waals surface area (Å²) < 4.78 is 0. The predicted molar refractivity (Wildman–Crippen MR) is 97.8 cm³/mol. The molecular formula is C19H31N3. The second-order valence-electron chi connectivity index (χ2n) is 5.53. The topological polar surface area (TPSA) is 22.3 Å². The van der Waals surface area contributed by atoms with Crippen LogP contribution in [-0.4, -0.2) is 42.1 Å². The van der Waals surface area contributed by atoms with Gasteiger partial charge in [-0.15, -0.1) is 0 Å². The van der Waals surface area contributed by atoms with E-state index in [1.807, 2.05) is 33.9 Å². The lowest BCUT2D eigenvalue weighted by atomic mass is 10.1. The third-order valence-corrected chi connectivity index (χ3v) is 4.49. The maximum atomic E-state index is 3.26. The summed E-state index contributed by atoms with van der Waals surface area (Å²) in [5, 5.41) is 1.32. The van der Waals surface area contributed by atoms with Crippen molar-refractivity contribution in [1.29, 1.82) is 0 Å². The molecule has 3 heteroatoms. The zero-order valence-corrected chi connectivity index (χ0v) is 14.6. The van der Waals surface area contributed by atoms with Crippen LogP contribution in [0, 0.1) is 0 Å². The van der Waals surface area contributed by atoms with Crippen LogP contribution >= 0.6 is 0 Å². The van der Waals surface area contributed by atoms with Gasteiger partial charge in [-0.3, -0.25) is 4.90 Å². The highest BCUT2D eigenvalue weighted by Crippen LogP contribution is 2.27. The second kappa shape index (κ2) is 8.23. The molecule has 0 amide bonds. The maximum absolute atomic E-state index is 3.26. The highest BCUT2D eigenvalue weighted by atomic mass is 15.3. The number of piperazine rings is 1. The summed E-state index contributed by atoms with van der Waals surface area (Å²) in [5.74, 6) is 0. The summed E-state index contributed by atoms with van der Waals surface area (Å²) in [4.78, 5) is 8.47. The molecular weight excluding hydrogens is 270 g/mol. The number of aromatic amines is 1. The standard InChI is InChI=1S/C15H19N3.2C2H6/c1-2-14-11-18(9-8-17(14)7-1)13-3-4-15-12(10-13)5-6-16-15;2*1-2/h3-6,10,14,16H,1-2,7-9,11H2;2*1-2H3. The largest absolute Gasteiger partial charge is 0.369 e. The Bertz CT molecular complexity index is 561. The second-order valence-corrected chi connectivity index (χ2v) is 5.53. The quantitative estimate of drug-likeness (QED) is 0.837. The molecule has 2 fully saturated rings. The van der Waals surface area contributed by atoms with Crippen molar-refractivity contribution in [3.05, 3.63) is 30.5 Å². The fourth-order valence-corrected chi connectivity index (χ4v) is 3.46. The number of rotatable bonds is 1. The van der Waals surface area contributed by atoms with Gasteiger partial charge in [0.15, 0.2) is 0 Å². The van der Waals surface area contributed by atoms with Gasteiger partial charge in [-0.25, -0.2) is 0 Å². The van der Waals surface area contributed by atoms with Crippen LogP contribution in [0.3, 0.4) is 0 Å². The fraction of sp³-hybridized carbons (Fsp3) is 0.579. The van der Waals surface area contributed by atoms with E-state index in [9.17, 15) is 0 Å². The number of hydrogen-bond donors (Lipinski definition) is 1. The van der Waals surface area contributed by atoms with Crippen LogP contribution in [0.25, 0.3) is 10.9 Å². The highest BCUT2D eigenvalue weighted by Gasteiger charge is 2.30. The number of nitrogens with zero attached hydrogens (tertiary/aromatic N) is 2. The average Bonchev–Trinajstić information content (AvgIpc) is 3.26. The molecule has 122 valence electrons. The van der Waals surface area contributed by atoms with Crippen molar-refractivity contribution in [2.45, 2.75) is 46.6 Å². The first-order valence-electron chi connectivity index (χ1n) is 8.96. The first kappa shape index (κ1) is 16.9. The van der Waals surface area contributed by atoms with E-state index < -0.39 is 0 Å². The van der Waals surface area contributed by atoms with E-state index in [0.29, 0.717) is 0 Å². The van der Waals surface area contributed by atoms with Crippen LogP contribution in [0.1, 0.15) is 40.5 Å². The summed E-state index contributed by atoms with van der Waals surface area (Å²) >= 11 is 0. The SMILES string of the molecule is CC.CC.c1cc2cc(N3CCN4CCCC4C3)ccc2[nH]1. The van der Waals surface area contributed by atoms with Crippen molar-refractivity contribution in [3.63, 3.8) is 0 Å². The van der Waals surface area contributed by atoms with Gasteiger partial charge in [0.2, 0.25) is 0 Å². The van der Waals surface area contributed by atoms with Crippen molar-refractivity contribution in [1.82, 2.24) is 9.88 Å². The van der Waals surface area contributed by atoms with Gasteiger partial charge in [0, 0.05) is 48.5 Å². The number of benzene rings is 1. The molecule has 0 aliphatic carbocycles. The Kier molecular flexibility index (Phi) is 6.32. The predicted octanol–water partition coefficient (Wildman–Crippen LogP) is 4.50. The molecule has 0 bridgehead atoms. The number of H-pyrrole nitrogens is 1. The average molecular weight is 301 g/mol. The molecule has 1 aromatic carbocycles. The normalized spacial score (nSPS) is 20.7. The van der Waals surface area contributed by atoms with E-state index in [1.165, 1.54) is 55.6 Å². The molecule has 3 heterocycles. The van der Waals surface area contributed by atoms with Crippen LogP contribution in [-0.2, 0) is 0 Å². The van der Waals surface area contributed by atoms with Gasteiger partial charge in [-0.1, -0.05) is 27.7 Å². The molecule has 2 saturated heterocycles. The summed E-state index contributed by atoms with van der Waals surface area (Å²) in [6, 6.07) is 9.72. The molecule has 4 rings (SSSR count). The van der Waals surface area contributed by atoms with Gasteiger partial charge in [0.25, 0.3) is 0 Å². The fourth-order valence-electron chi connectivity index (χ4n) is 3.46. The Morgan fingerprint density at radius 1 is 1.00 bits per heavy atom. The molecule has 22 heavy (non-hydrogen) atoms. The van der Waals surface area contributed by atoms with Crippen LogP contribution in [0.4, 0.5) is 5.69 Å². The molecule has 1 aromatic heterocycles. The van der Waals surface area contributed by atoms with Crippen LogP contribution < -0.4 is 4.90 Å². The molecule has 0 radical (unpaired) electrons. The number of fused-ring (bicyclic) bond motifs is 2. The summed E-state index contributed by atoms with van der Waals surface area (Å²) in [5.41, 5.74) is 2.62. The summed E-state index contributed by atoms with van der Waals surface area (Å²) in [7, 11) is 0. The van der Waals surface area contributed by atoms with Crippen molar-refractivity contribution in [3.8, 4) is 0 Å². The van der Waals surface area contributed by atoms with Gasteiger partial charge in [-0.2, -0.15) is 0 Å². The number of anilines is 1. The van der Waals surface area contributed by atoms with E-state index in [0.717, 1.165) is 6.04 Å².